The zero-order valence-corrected chi connectivity index (χ0v) is 17.1. The van der Waals surface area contributed by atoms with Crippen LogP contribution in [0.3, 0.4) is 0 Å². The molecule has 0 unspecified atom stereocenters. The number of nitrogens with zero attached hydrogens (tertiary/aromatic N) is 3. The predicted octanol–water partition coefficient (Wildman–Crippen LogP) is 2.46. The molecule has 2 N–H and O–H groups in total. The summed E-state index contributed by atoms with van der Waals surface area (Å²) in [5, 5.41) is 10.1. The number of hydrogen-bond acceptors (Lipinski definition) is 4. The third-order valence-electron chi connectivity index (χ3n) is 7.75. The SMILES string of the molecule is O=C(Cc1cnc[nH]1)N1CCC2(CCN(CC3CCCCC3)CC2)[C@@H](CO)C1. The molecule has 1 saturated carbocycles. The van der Waals surface area contributed by atoms with Crippen molar-refractivity contribution in [3.8, 4) is 0 Å². The molecule has 1 aromatic rings. The highest BCUT2D eigenvalue weighted by molar-refractivity contribution is 5.78. The van der Waals surface area contributed by atoms with Crippen molar-refractivity contribution in [1.82, 2.24) is 19.8 Å². The summed E-state index contributed by atoms with van der Waals surface area (Å²) in [6.45, 7) is 5.31. The van der Waals surface area contributed by atoms with Crippen molar-refractivity contribution in [3.05, 3.63) is 18.2 Å². The summed E-state index contributed by atoms with van der Waals surface area (Å²) in [5.41, 5.74) is 1.09. The molecule has 3 aliphatic rings. The van der Waals surface area contributed by atoms with Gasteiger partial charge in [-0.15, -0.1) is 0 Å². The van der Waals surface area contributed by atoms with Crippen molar-refractivity contribution < 1.29 is 9.90 Å². The van der Waals surface area contributed by atoms with Gasteiger partial charge in [0.25, 0.3) is 0 Å². The minimum absolute atomic E-state index is 0.146. The first-order valence-electron chi connectivity index (χ1n) is 11.3. The number of aliphatic hydroxyl groups is 1. The monoisotopic (exact) mass is 388 g/mol. The van der Waals surface area contributed by atoms with Crippen LogP contribution in [0.4, 0.5) is 0 Å². The molecule has 1 atom stereocenters. The lowest BCUT2D eigenvalue weighted by Gasteiger charge is -2.51. The first kappa shape index (κ1) is 19.9. The standard InChI is InChI=1S/C22H36N4O2/c27-16-19-15-26(21(28)12-20-13-23-17-24-20)11-8-22(19)6-9-25(10-7-22)14-18-4-2-1-3-5-18/h13,17-19,27H,1-12,14-16H2,(H,23,24)/t19-/m1/s1. The number of H-pyrrole nitrogens is 1. The lowest BCUT2D eigenvalue weighted by Crippen LogP contribution is -2.55. The minimum atomic E-state index is 0.146. The molecule has 0 aromatic carbocycles. The summed E-state index contributed by atoms with van der Waals surface area (Å²) in [6, 6.07) is 0. The van der Waals surface area contributed by atoms with Crippen LogP contribution in [0.15, 0.2) is 12.5 Å². The zero-order chi connectivity index (χ0) is 19.4. The number of hydrogen-bond donors (Lipinski definition) is 2. The normalized spacial score (nSPS) is 26.6. The van der Waals surface area contributed by atoms with E-state index in [-0.39, 0.29) is 23.8 Å². The fourth-order valence-corrected chi connectivity index (χ4v) is 5.82. The smallest absolute Gasteiger partial charge is 0.228 e. The van der Waals surface area contributed by atoms with Gasteiger partial charge in [0.15, 0.2) is 0 Å². The number of piperidine rings is 2. The molecule has 156 valence electrons. The summed E-state index contributed by atoms with van der Waals surface area (Å²) in [5.74, 6) is 1.26. The molecule has 6 heteroatoms. The molecule has 2 saturated heterocycles. The Labute approximate surface area is 168 Å². The average Bonchev–Trinajstić information content (AvgIpc) is 3.24. The molecule has 28 heavy (non-hydrogen) atoms. The number of rotatable bonds is 5. The molecular weight excluding hydrogens is 352 g/mol. The highest BCUT2D eigenvalue weighted by Gasteiger charge is 2.45. The van der Waals surface area contributed by atoms with Gasteiger partial charge >= 0.3 is 0 Å². The van der Waals surface area contributed by atoms with Gasteiger partial charge < -0.3 is 19.9 Å². The number of carbonyl (C=O) groups excluding carboxylic acids is 1. The van der Waals surface area contributed by atoms with E-state index in [0.29, 0.717) is 13.0 Å². The van der Waals surface area contributed by atoms with E-state index >= 15 is 0 Å². The molecule has 1 amide bonds. The van der Waals surface area contributed by atoms with Gasteiger partial charge in [-0.05, 0) is 56.5 Å². The van der Waals surface area contributed by atoms with Crippen molar-refractivity contribution in [2.24, 2.45) is 17.3 Å². The van der Waals surface area contributed by atoms with E-state index < -0.39 is 0 Å². The Hall–Kier alpha value is -1.40. The minimum Gasteiger partial charge on any atom is -0.396 e. The molecule has 1 aromatic heterocycles. The van der Waals surface area contributed by atoms with Crippen LogP contribution in [0, 0.1) is 17.3 Å². The van der Waals surface area contributed by atoms with Crippen LogP contribution in [0.1, 0.15) is 57.1 Å². The Balaban J connectivity index is 1.30. The van der Waals surface area contributed by atoms with Gasteiger partial charge in [-0.1, -0.05) is 19.3 Å². The molecule has 1 aliphatic carbocycles. The Morgan fingerprint density at radius 1 is 1.18 bits per heavy atom. The summed E-state index contributed by atoms with van der Waals surface area (Å²) in [7, 11) is 0. The first-order chi connectivity index (χ1) is 13.7. The number of nitrogens with one attached hydrogen (secondary N) is 1. The Morgan fingerprint density at radius 2 is 1.93 bits per heavy atom. The Kier molecular flexibility index (Phi) is 6.36. The number of aromatic amines is 1. The van der Waals surface area contributed by atoms with Crippen molar-refractivity contribution in [1.29, 1.82) is 0 Å². The number of amides is 1. The number of imidazole rings is 1. The number of aliphatic hydroxyl groups excluding tert-OH is 1. The second-order valence-electron chi connectivity index (χ2n) is 9.39. The maximum absolute atomic E-state index is 12.7. The van der Waals surface area contributed by atoms with Crippen molar-refractivity contribution in [3.63, 3.8) is 0 Å². The van der Waals surface area contributed by atoms with E-state index in [1.807, 2.05) is 4.90 Å². The van der Waals surface area contributed by atoms with Gasteiger partial charge in [0.2, 0.25) is 5.91 Å². The van der Waals surface area contributed by atoms with Gasteiger partial charge in [0, 0.05) is 44.0 Å². The lowest BCUT2D eigenvalue weighted by atomic mass is 9.64. The maximum atomic E-state index is 12.7. The maximum Gasteiger partial charge on any atom is 0.228 e. The van der Waals surface area contributed by atoms with Gasteiger partial charge in [0.1, 0.15) is 0 Å². The van der Waals surface area contributed by atoms with Crippen LogP contribution in [0.2, 0.25) is 0 Å². The fourth-order valence-electron chi connectivity index (χ4n) is 5.82. The summed E-state index contributed by atoms with van der Waals surface area (Å²) < 4.78 is 0. The first-order valence-corrected chi connectivity index (χ1v) is 11.3. The lowest BCUT2D eigenvalue weighted by molar-refractivity contribution is -0.137. The van der Waals surface area contributed by atoms with Crippen LogP contribution >= 0.6 is 0 Å². The Morgan fingerprint density at radius 3 is 2.61 bits per heavy atom. The quantitative estimate of drug-likeness (QED) is 0.813. The molecule has 0 radical (unpaired) electrons. The third-order valence-corrected chi connectivity index (χ3v) is 7.75. The van der Waals surface area contributed by atoms with Gasteiger partial charge in [-0.3, -0.25) is 4.79 Å². The van der Waals surface area contributed by atoms with Gasteiger partial charge in [0.05, 0.1) is 12.7 Å². The molecule has 4 rings (SSSR count). The van der Waals surface area contributed by atoms with E-state index in [1.165, 1.54) is 51.5 Å². The highest BCUT2D eigenvalue weighted by Crippen LogP contribution is 2.45. The number of aromatic nitrogens is 2. The average molecular weight is 389 g/mol. The van der Waals surface area contributed by atoms with Crippen LogP contribution in [-0.4, -0.2) is 70.1 Å². The Bertz CT molecular complexity index is 618. The van der Waals surface area contributed by atoms with Crippen LogP contribution in [0.25, 0.3) is 0 Å². The van der Waals surface area contributed by atoms with Gasteiger partial charge in [-0.2, -0.15) is 0 Å². The predicted molar refractivity (Wildman–Crippen MR) is 109 cm³/mol. The summed E-state index contributed by atoms with van der Waals surface area (Å²) in [6.07, 6.45) is 14.2. The molecule has 2 aliphatic heterocycles. The van der Waals surface area contributed by atoms with E-state index in [4.69, 9.17) is 0 Å². The van der Waals surface area contributed by atoms with Crippen LogP contribution < -0.4 is 0 Å². The zero-order valence-electron chi connectivity index (χ0n) is 17.1. The molecular formula is C22H36N4O2. The van der Waals surface area contributed by atoms with Gasteiger partial charge in [-0.25, -0.2) is 4.98 Å². The van der Waals surface area contributed by atoms with Crippen molar-refractivity contribution in [2.45, 2.75) is 57.8 Å². The highest BCUT2D eigenvalue weighted by atomic mass is 16.3. The fraction of sp³-hybridized carbons (Fsp3) is 0.818. The molecule has 0 bridgehead atoms. The van der Waals surface area contributed by atoms with Crippen molar-refractivity contribution in [2.75, 3.05) is 39.3 Å². The second kappa shape index (κ2) is 8.95. The van der Waals surface area contributed by atoms with E-state index in [9.17, 15) is 9.90 Å². The van der Waals surface area contributed by atoms with E-state index in [0.717, 1.165) is 37.7 Å². The van der Waals surface area contributed by atoms with Crippen LogP contribution in [0.5, 0.6) is 0 Å². The van der Waals surface area contributed by atoms with E-state index in [1.54, 1.807) is 12.5 Å². The summed E-state index contributed by atoms with van der Waals surface area (Å²) in [4.78, 5) is 24.3. The summed E-state index contributed by atoms with van der Waals surface area (Å²) >= 11 is 0. The second-order valence-corrected chi connectivity index (χ2v) is 9.39. The van der Waals surface area contributed by atoms with E-state index in [2.05, 4.69) is 14.9 Å². The topological polar surface area (TPSA) is 72.5 Å². The van der Waals surface area contributed by atoms with Crippen molar-refractivity contribution >= 4 is 5.91 Å². The molecule has 3 heterocycles. The number of carbonyl (C=O) groups is 1. The number of likely N-dealkylation sites (tertiary alicyclic amines) is 2. The van der Waals surface area contributed by atoms with Crippen LogP contribution in [-0.2, 0) is 11.2 Å². The molecule has 3 fully saturated rings. The molecule has 6 nitrogen and oxygen atoms in total. The largest absolute Gasteiger partial charge is 0.396 e. The molecule has 1 spiro atoms. The third kappa shape index (κ3) is 4.43.